The van der Waals surface area contributed by atoms with Gasteiger partial charge in [0.1, 0.15) is 0 Å². The van der Waals surface area contributed by atoms with Gasteiger partial charge in [0, 0.05) is 11.8 Å². The maximum atomic E-state index is 13.0. The summed E-state index contributed by atoms with van der Waals surface area (Å²) >= 11 is 0. The molecule has 148 valence electrons. The van der Waals surface area contributed by atoms with Crippen LogP contribution in [0.3, 0.4) is 0 Å². The maximum Gasteiger partial charge on any atom is 0.310 e. The Labute approximate surface area is 166 Å². The fraction of sp³-hybridized carbons (Fsp3) is 0.417. The zero-order chi connectivity index (χ0) is 20.3. The predicted octanol–water partition coefficient (Wildman–Crippen LogP) is 4.70. The number of ether oxygens (including phenoxy) is 2. The summed E-state index contributed by atoms with van der Waals surface area (Å²) in [5.41, 5.74) is 2.08. The van der Waals surface area contributed by atoms with Crippen LogP contribution in [0.2, 0.25) is 0 Å². The Hall–Kier alpha value is -2.62. The minimum absolute atomic E-state index is 0.125. The van der Waals surface area contributed by atoms with Gasteiger partial charge >= 0.3 is 11.9 Å². The van der Waals surface area contributed by atoms with E-state index in [4.69, 9.17) is 9.47 Å². The van der Waals surface area contributed by atoms with Crippen molar-refractivity contribution in [3.63, 3.8) is 0 Å². The highest BCUT2D eigenvalue weighted by molar-refractivity contribution is 5.87. The molecule has 4 unspecified atom stereocenters. The first-order valence-electron chi connectivity index (χ1n) is 9.91. The lowest BCUT2D eigenvalue weighted by Crippen LogP contribution is -2.52. The van der Waals surface area contributed by atoms with Crippen molar-refractivity contribution in [3.05, 3.63) is 71.8 Å². The third kappa shape index (κ3) is 4.11. The van der Waals surface area contributed by atoms with E-state index in [9.17, 15) is 9.59 Å². The van der Waals surface area contributed by atoms with Crippen LogP contribution < -0.4 is 0 Å². The molecule has 0 saturated heterocycles. The van der Waals surface area contributed by atoms with E-state index in [0.717, 1.165) is 11.1 Å². The van der Waals surface area contributed by atoms with Gasteiger partial charge in [-0.05, 0) is 38.8 Å². The molecule has 0 radical (unpaired) electrons. The molecule has 28 heavy (non-hydrogen) atoms. The molecule has 0 N–H and O–H groups in total. The molecule has 0 aliphatic heterocycles. The van der Waals surface area contributed by atoms with Crippen LogP contribution in [0.15, 0.2) is 60.7 Å². The first-order valence-corrected chi connectivity index (χ1v) is 9.91. The van der Waals surface area contributed by atoms with E-state index in [0.29, 0.717) is 0 Å². The highest BCUT2D eigenvalue weighted by Gasteiger charge is 2.59. The molecule has 4 heteroatoms. The van der Waals surface area contributed by atoms with Crippen LogP contribution >= 0.6 is 0 Å². The topological polar surface area (TPSA) is 52.6 Å². The molecule has 1 aliphatic rings. The monoisotopic (exact) mass is 380 g/mol. The second-order valence-corrected chi connectivity index (χ2v) is 7.90. The molecule has 2 aromatic carbocycles. The van der Waals surface area contributed by atoms with Gasteiger partial charge in [-0.15, -0.1) is 0 Å². The van der Waals surface area contributed by atoms with Crippen molar-refractivity contribution in [1.82, 2.24) is 0 Å². The van der Waals surface area contributed by atoms with E-state index >= 15 is 0 Å². The van der Waals surface area contributed by atoms with E-state index in [-0.39, 0.29) is 36.0 Å². The van der Waals surface area contributed by atoms with Crippen molar-refractivity contribution in [2.75, 3.05) is 0 Å². The number of hydrogen-bond acceptors (Lipinski definition) is 4. The lowest BCUT2D eigenvalue weighted by Gasteiger charge is -2.50. The summed E-state index contributed by atoms with van der Waals surface area (Å²) in [6, 6.07) is 19.8. The van der Waals surface area contributed by atoms with Crippen LogP contribution in [0, 0.1) is 11.8 Å². The van der Waals surface area contributed by atoms with Gasteiger partial charge in [-0.3, -0.25) is 9.59 Å². The lowest BCUT2D eigenvalue weighted by atomic mass is 9.52. The van der Waals surface area contributed by atoms with E-state index in [2.05, 4.69) is 0 Å². The molecule has 1 aliphatic carbocycles. The molecule has 1 saturated carbocycles. The lowest BCUT2D eigenvalue weighted by molar-refractivity contribution is -0.176. The summed E-state index contributed by atoms with van der Waals surface area (Å²) in [6.45, 7) is 7.29. The average molecular weight is 380 g/mol. The quantitative estimate of drug-likeness (QED) is 0.682. The van der Waals surface area contributed by atoms with Gasteiger partial charge in [0.05, 0.1) is 24.0 Å². The summed E-state index contributed by atoms with van der Waals surface area (Å²) in [5.74, 6) is -2.02. The molecule has 0 aromatic heterocycles. The molecule has 2 aromatic rings. The van der Waals surface area contributed by atoms with Crippen LogP contribution in [0.25, 0.3) is 0 Å². The standard InChI is InChI=1S/C24H28O4/c1-15(2)27-23(25)21-19(17-11-7-5-8-12-17)20(18-13-9-6-10-14-18)22(21)24(26)28-16(3)4/h5-16,19-22H,1-4H3. The van der Waals surface area contributed by atoms with Crippen molar-refractivity contribution in [2.45, 2.75) is 51.7 Å². The average Bonchev–Trinajstić information content (AvgIpc) is 2.61. The predicted molar refractivity (Wildman–Crippen MR) is 108 cm³/mol. The summed E-state index contributed by atoms with van der Waals surface area (Å²) in [4.78, 5) is 25.9. The van der Waals surface area contributed by atoms with E-state index in [1.165, 1.54) is 0 Å². The Balaban J connectivity index is 2.04. The zero-order valence-corrected chi connectivity index (χ0v) is 16.9. The number of esters is 2. The molecule has 4 atom stereocenters. The van der Waals surface area contributed by atoms with Gasteiger partial charge in [-0.2, -0.15) is 0 Å². The van der Waals surface area contributed by atoms with Gasteiger partial charge in [0.25, 0.3) is 0 Å². The maximum absolute atomic E-state index is 13.0. The van der Waals surface area contributed by atoms with Gasteiger partial charge < -0.3 is 9.47 Å². The summed E-state index contributed by atoms with van der Waals surface area (Å²) in [7, 11) is 0. The molecule has 3 rings (SSSR count). The minimum Gasteiger partial charge on any atom is -0.463 e. The Kier molecular flexibility index (Phi) is 6.18. The molecule has 0 amide bonds. The summed E-state index contributed by atoms with van der Waals surface area (Å²) < 4.78 is 11.1. The Morgan fingerprint density at radius 2 is 0.964 bits per heavy atom. The Morgan fingerprint density at radius 3 is 1.25 bits per heavy atom. The highest BCUT2D eigenvalue weighted by Crippen LogP contribution is 2.58. The molecular formula is C24H28O4. The van der Waals surface area contributed by atoms with E-state index in [1.807, 2.05) is 88.4 Å². The van der Waals surface area contributed by atoms with Crippen molar-refractivity contribution in [2.24, 2.45) is 11.8 Å². The SMILES string of the molecule is CC(C)OC(=O)C1C(C(=O)OC(C)C)C(c2ccccc2)C1c1ccccc1. The second kappa shape index (κ2) is 8.59. The number of rotatable bonds is 6. The van der Waals surface area contributed by atoms with E-state index in [1.54, 1.807) is 0 Å². The first-order chi connectivity index (χ1) is 13.4. The van der Waals surface area contributed by atoms with Gasteiger partial charge in [0.2, 0.25) is 0 Å². The van der Waals surface area contributed by atoms with Gasteiger partial charge in [-0.25, -0.2) is 0 Å². The van der Waals surface area contributed by atoms with Crippen molar-refractivity contribution in [3.8, 4) is 0 Å². The van der Waals surface area contributed by atoms with Crippen molar-refractivity contribution < 1.29 is 19.1 Å². The zero-order valence-electron chi connectivity index (χ0n) is 16.9. The number of hydrogen-bond donors (Lipinski definition) is 0. The molecule has 0 heterocycles. The largest absolute Gasteiger partial charge is 0.463 e. The highest BCUT2D eigenvalue weighted by atomic mass is 16.6. The molecule has 0 bridgehead atoms. The van der Waals surface area contributed by atoms with Crippen LogP contribution in [0.4, 0.5) is 0 Å². The van der Waals surface area contributed by atoms with Crippen LogP contribution in [0.5, 0.6) is 0 Å². The van der Waals surface area contributed by atoms with Crippen molar-refractivity contribution >= 4 is 11.9 Å². The number of carbonyl (C=O) groups is 2. The normalized spacial score (nSPS) is 23.9. The van der Waals surface area contributed by atoms with Crippen molar-refractivity contribution in [1.29, 1.82) is 0 Å². The fourth-order valence-corrected chi connectivity index (χ4v) is 4.14. The second-order valence-electron chi connectivity index (χ2n) is 7.90. The molecule has 0 spiro atoms. The summed E-state index contributed by atoms with van der Waals surface area (Å²) in [5, 5.41) is 0. The van der Waals surface area contributed by atoms with Crippen LogP contribution in [-0.2, 0) is 19.1 Å². The van der Waals surface area contributed by atoms with Gasteiger partial charge in [-0.1, -0.05) is 60.7 Å². The Bertz CT molecular complexity index is 728. The fourth-order valence-electron chi connectivity index (χ4n) is 4.14. The third-order valence-corrected chi connectivity index (χ3v) is 5.16. The molecule has 4 nitrogen and oxygen atoms in total. The third-order valence-electron chi connectivity index (χ3n) is 5.16. The van der Waals surface area contributed by atoms with Crippen LogP contribution in [0.1, 0.15) is 50.7 Å². The smallest absolute Gasteiger partial charge is 0.310 e. The van der Waals surface area contributed by atoms with E-state index < -0.39 is 11.8 Å². The first kappa shape index (κ1) is 20.1. The molecular weight excluding hydrogens is 352 g/mol. The van der Waals surface area contributed by atoms with Crippen LogP contribution in [-0.4, -0.2) is 24.1 Å². The minimum atomic E-state index is -0.554. The number of benzene rings is 2. The Morgan fingerprint density at radius 1 is 0.643 bits per heavy atom. The number of carbonyl (C=O) groups excluding carboxylic acids is 2. The van der Waals surface area contributed by atoms with Gasteiger partial charge in [0.15, 0.2) is 0 Å². The molecule has 1 fully saturated rings. The summed E-state index contributed by atoms with van der Waals surface area (Å²) in [6.07, 6.45) is -0.470.